The van der Waals surface area contributed by atoms with E-state index in [4.69, 9.17) is 4.74 Å². The molecule has 0 aromatic rings. The lowest BCUT2D eigenvalue weighted by Gasteiger charge is -2.21. The first-order chi connectivity index (χ1) is 8.08. The van der Waals surface area contributed by atoms with Gasteiger partial charge in [-0.2, -0.15) is 0 Å². The smallest absolute Gasteiger partial charge is 0.444 e. The van der Waals surface area contributed by atoms with Crippen LogP contribution in [0.1, 0.15) is 46.0 Å². The fraction of sp³-hybridized carbons (Fsp3) is 0.818. The van der Waals surface area contributed by atoms with Gasteiger partial charge in [-0.1, -0.05) is 29.5 Å². The number of hydrogen-bond acceptors (Lipinski definition) is 3. The maximum absolute atomic E-state index is 11.3. The molecule has 0 saturated heterocycles. The summed E-state index contributed by atoms with van der Waals surface area (Å²) in [5.74, 6) is 0. The SMILES string of the molecule is CC(C)OC(=O)N=NC(=O)NC1CCCCC1. The average molecular weight is 241 g/mol. The van der Waals surface area contributed by atoms with Gasteiger partial charge in [-0.25, -0.2) is 9.59 Å². The molecule has 0 aromatic carbocycles. The fourth-order valence-corrected chi connectivity index (χ4v) is 1.76. The van der Waals surface area contributed by atoms with Crippen molar-refractivity contribution in [2.45, 2.75) is 58.1 Å². The molecule has 17 heavy (non-hydrogen) atoms. The van der Waals surface area contributed by atoms with Crippen LogP contribution in [-0.2, 0) is 4.74 Å². The van der Waals surface area contributed by atoms with Crippen molar-refractivity contribution in [3.8, 4) is 0 Å². The summed E-state index contributed by atoms with van der Waals surface area (Å²) in [7, 11) is 0. The monoisotopic (exact) mass is 241 g/mol. The number of carbonyl (C=O) groups excluding carboxylic acids is 2. The second-order valence-electron chi connectivity index (χ2n) is 4.42. The molecule has 1 rings (SSSR count). The minimum absolute atomic E-state index is 0.163. The zero-order chi connectivity index (χ0) is 12.7. The van der Waals surface area contributed by atoms with Crippen LogP contribution in [-0.4, -0.2) is 24.3 Å². The van der Waals surface area contributed by atoms with E-state index in [0.717, 1.165) is 25.7 Å². The molecule has 0 radical (unpaired) electrons. The van der Waals surface area contributed by atoms with Crippen LogP contribution in [0.15, 0.2) is 10.2 Å². The summed E-state index contributed by atoms with van der Waals surface area (Å²) < 4.78 is 4.71. The van der Waals surface area contributed by atoms with Crippen molar-refractivity contribution in [3.05, 3.63) is 0 Å². The summed E-state index contributed by atoms with van der Waals surface area (Å²) in [5.41, 5.74) is 0. The second kappa shape index (κ2) is 6.98. The summed E-state index contributed by atoms with van der Waals surface area (Å²) in [4.78, 5) is 22.3. The molecule has 96 valence electrons. The molecule has 0 aromatic heterocycles. The first-order valence-electron chi connectivity index (χ1n) is 6.01. The Morgan fingerprint density at radius 2 is 1.82 bits per heavy atom. The maximum atomic E-state index is 11.3. The molecule has 1 fully saturated rings. The van der Waals surface area contributed by atoms with E-state index < -0.39 is 12.1 Å². The summed E-state index contributed by atoms with van der Waals surface area (Å²) in [6.07, 6.45) is 4.31. The average Bonchev–Trinajstić information content (AvgIpc) is 2.27. The molecule has 6 nitrogen and oxygen atoms in total. The highest BCUT2D eigenvalue weighted by molar-refractivity contribution is 5.77. The van der Waals surface area contributed by atoms with Gasteiger partial charge in [0.1, 0.15) is 0 Å². The molecule has 0 spiro atoms. The molecule has 0 heterocycles. The van der Waals surface area contributed by atoms with Gasteiger partial charge < -0.3 is 10.1 Å². The Hall–Kier alpha value is -1.46. The Labute approximate surface area is 101 Å². The molecule has 0 aliphatic heterocycles. The van der Waals surface area contributed by atoms with Gasteiger partial charge in [0.2, 0.25) is 0 Å². The van der Waals surface area contributed by atoms with Crippen LogP contribution in [0.4, 0.5) is 9.59 Å². The number of amides is 3. The molecule has 0 atom stereocenters. The maximum Gasteiger partial charge on any atom is 0.452 e. The van der Waals surface area contributed by atoms with Crippen molar-refractivity contribution in [1.29, 1.82) is 0 Å². The van der Waals surface area contributed by atoms with E-state index in [9.17, 15) is 9.59 Å². The first-order valence-corrected chi connectivity index (χ1v) is 6.01. The molecule has 3 amide bonds. The zero-order valence-corrected chi connectivity index (χ0v) is 10.3. The zero-order valence-electron chi connectivity index (χ0n) is 10.3. The van der Waals surface area contributed by atoms with Crippen LogP contribution >= 0.6 is 0 Å². The van der Waals surface area contributed by atoms with Crippen molar-refractivity contribution >= 4 is 12.1 Å². The van der Waals surface area contributed by atoms with Gasteiger partial charge in [0, 0.05) is 6.04 Å². The minimum atomic E-state index is -0.834. The molecule has 0 bridgehead atoms. The molecule has 1 N–H and O–H groups in total. The molecule has 1 aliphatic carbocycles. The molecule has 6 heteroatoms. The number of urea groups is 1. The van der Waals surface area contributed by atoms with Crippen molar-refractivity contribution in [2.24, 2.45) is 10.2 Å². The summed E-state index contributed by atoms with van der Waals surface area (Å²) in [5, 5.41) is 9.17. The number of rotatable bonds is 2. The summed E-state index contributed by atoms with van der Waals surface area (Å²) in [6.45, 7) is 3.41. The third kappa shape index (κ3) is 5.99. The molecule has 1 saturated carbocycles. The molecular weight excluding hydrogens is 222 g/mol. The van der Waals surface area contributed by atoms with Crippen molar-refractivity contribution in [2.75, 3.05) is 0 Å². The predicted molar refractivity (Wildman–Crippen MR) is 61.9 cm³/mol. The highest BCUT2D eigenvalue weighted by atomic mass is 16.6. The molecule has 1 aliphatic rings. The highest BCUT2D eigenvalue weighted by Gasteiger charge is 2.15. The van der Waals surface area contributed by atoms with Crippen LogP contribution in [0.2, 0.25) is 0 Å². The lowest BCUT2D eigenvalue weighted by atomic mass is 9.96. The highest BCUT2D eigenvalue weighted by Crippen LogP contribution is 2.17. The number of nitrogens with zero attached hydrogens (tertiary/aromatic N) is 2. The quantitative estimate of drug-likeness (QED) is 0.754. The topological polar surface area (TPSA) is 80.1 Å². The Balaban J connectivity index is 2.28. The normalized spacial score (nSPS) is 17.4. The van der Waals surface area contributed by atoms with E-state index in [1.807, 2.05) is 0 Å². The number of hydrogen-bond donors (Lipinski definition) is 1. The van der Waals surface area contributed by atoms with E-state index in [0.29, 0.717) is 0 Å². The van der Waals surface area contributed by atoms with Gasteiger partial charge in [-0.15, -0.1) is 0 Å². The van der Waals surface area contributed by atoms with Gasteiger partial charge in [0.25, 0.3) is 0 Å². The first kappa shape index (κ1) is 13.6. The van der Waals surface area contributed by atoms with E-state index >= 15 is 0 Å². The lowest BCUT2D eigenvalue weighted by Crippen LogP contribution is -2.34. The van der Waals surface area contributed by atoms with E-state index in [-0.39, 0.29) is 12.1 Å². The summed E-state index contributed by atoms with van der Waals surface area (Å²) >= 11 is 0. The van der Waals surface area contributed by atoms with E-state index in [1.165, 1.54) is 6.42 Å². The van der Waals surface area contributed by atoms with Crippen molar-refractivity contribution in [1.82, 2.24) is 5.32 Å². The second-order valence-corrected chi connectivity index (χ2v) is 4.42. The Bertz CT molecular complexity index is 296. The van der Waals surface area contributed by atoms with Gasteiger partial charge in [0.05, 0.1) is 6.10 Å². The van der Waals surface area contributed by atoms with E-state index in [1.54, 1.807) is 13.8 Å². The predicted octanol–water partition coefficient (Wildman–Crippen LogP) is 3.03. The third-order valence-corrected chi connectivity index (χ3v) is 2.49. The standard InChI is InChI=1S/C11H19N3O3/c1-8(2)17-11(16)14-13-10(15)12-9-6-4-3-5-7-9/h8-9H,3-7H2,1-2H3,(H,12,15). The molecular formula is C11H19N3O3. The van der Waals surface area contributed by atoms with Crippen LogP contribution < -0.4 is 5.32 Å². The molecule has 0 unspecified atom stereocenters. The Morgan fingerprint density at radius 1 is 1.18 bits per heavy atom. The van der Waals surface area contributed by atoms with Gasteiger partial charge in [0.15, 0.2) is 0 Å². The van der Waals surface area contributed by atoms with Gasteiger partial charge in [-0.3, -0.25) is 0 Å². The number of carbonyl (C=O) groups is 2. The third-order valence-electron chi connectivity index (χ3n) is 2.49. The Morgan fingerprint density at radius 3 is 2.41 bits per heavy atom. The number of azo groups is 1. The summed E-state index contributed by atoms with van der Waals surface area (Å²) in [6, 6.07) is -0.408. The largest absolute Gasteiger partial charge is 0.452 e. The van der Waals surface area contributed by atoms with Gasteiger partial charge in [-0.05, 0) is 26.7 Å². The van der Waals surface area contributed by atoms with Crippen LogP contribution in [0.5, 0.6) is 0 Å². The van der Waals surface area contributed by atoms with Crippen LogP contribution in [0.25, 0.3) is 0 Å². The Kier molecular flexibility index (Phi) is 5.59. The van der Waals surface area contributed by atoms with Crippen LogP contribution in [0.3, 0.4) is 0 Å². The lowest BCUT2D eigenvalue weighted by molar-refractivity contribution is 0.124. The van der Waals surface area contributed by atoms with Crippen LogP contribution in [0, 0.1) is 0 Å². The minimum Gasteiger partial charge on any atom is -0.444 e. The van der Waals surface area contributed by atoms with Gasteiger partial charge >= 0.3 is 12.1 Å². The van der Waals surface area contributed by atoms with E-state index in [2.05, 4.69) is 15.5 Å². The number of nitrogens with one attached hydrogen (secondary N) is 1. The number of ether oxygens (including phenoxy) is 1. The fourth-order valence-electron chi connectivity index (χ4n) is 1.76. The van der Waals surface area contributed by atoms with Crippen molar-refractivity contribution < 1.29 is 14.3 Å². The van der Waals surface area contributed by atoms with Crippen molar-refractivity contribution in [3.63, 3.8) is 0 Å².